The van der Waals surface area contributed by atoms with E-state index in [0.29, 0.717) is 6.42 Å². The number of alkyl carbamates (subject to hydrolysis) is 1. The van der Waals surface area contributed by atoms with Crippen LogP contribution in [0.5, 0.6) is 0 Å². The van der Waals surface area contributed by atoms with E-state index < -0.39 is 5.60 Å². The molecule has 1 unspecified atom stereocenters. The van der Waals surface area contributed by atoms with Crippen LogP contribution in [0.4, 0.5) is 4.79 Å². The molecule has 1 fully saturated rings. The van der Waals surface area contributed by atoms with Crippen molar-refractivity contribution in [1.29, 1.82) is 5.26 Å². The summed E-state index contributed by atoms with van der Waals surface area (Å²) in [6.45, 7) is 5.54. The van der Waals surface area contributed by atoms with Crippen molar-refractivity contribution in [3.05, 3.63) is 0 Å². The number of amides is 1. The molecule has 0 aliphatic heterocycles. The average molecular weight is 238 g/mol. The van der Waals surface area contributed by atoms with Crippen LogP contribution in [-0.4, -0.2) is 17.7 Å². The highest BCUT2D eigenvalue weighted by Crippen LogP contribution is 2.27. The van der Waals surface area contributed by atoms with Gasteiger partial charge in [-0.2, -0.15) is 5.26 Å². The Hall–Kier alpha value is -1.24. The lowest BCUT2D eigenvalue weighted by atomic mass is 9.83. The highest BCUT2D eigenvalue weighted by molar-refractivity contribution is 5.68. The number of rotatable bonds is 2. The number of nitriles is 1. The number of hydrogen-bond acceptors (Lipinski definition) is 3. The molecule has 0 bridgehead atoms. The second-order valence-electron chi connectivity index (χ2n) is 5.66. The topological polar surface area (TPSA) is 62.1 Å². The molecule has 0 heterocycles. The average Bonchev–Trinajstić information content (AvgIpc) is 2.18. The molecule has 96 valence electrons. The molecule has 4 nitrogen and oxygen atoms in total. The molecule has 0 aromatic rings. The highest BCUT2D eigenvalue weighted by Gasteiger charge is 2.27. The van der Waals surface area contributed by atoms with Crippen LogP contribution in [0.1, 0.15) is 52.9 Å². The summed E-state index contributed by atoms with van der Waals surface area (Å²) in [6.07, 6.45) is 4.38. The summed E-state index contributed by atoms with van der Waals surface area (Å²) in [4.78, 5) is 11.7. The van der Waals surface area contributed by atoms with E-state index in [0.717, 1.165) is 25.7 Å². The number of nitrogens with zero attached hydrogens (tertiary/aromatic N) is 1. The van der Waals surface area contributed by atoms with Crippen LogP contribution in [0, 0.1) is 17.2 Å². The highest BCUT2D eigenvalue weighted by atomic mass is 16.6. The van der Waals surface area contributed by atoms with Gasteiger partial charge in [0.1, 0.15) is 5.60 Å². The van der Waals surface area contributed by atoms with E-state index in [-0.39, 0.29) is 18.1 Å². The third kappa shape index (κ3) is 5.08. The van der Waals surface area contributed by atoms with E-state index >= 15 is 0 Å². The Kier molecular flexibility index (Phi) is 4.80. The zero-order valence-electron chi connectivity index (χ0n) is 11.0. The second-order valence-corrected chi connectivity index (χ2v) is 5.66. The maximum atomic E-state index is 11.7. The van der Waals surface area contributed by atoms with E-state index in [1.807, 2.05) is 20.8 Å². The summed E-state index contributed by atoms with van der Waals surface area (Å²) in [5.41, 5.74) is -0.469. The summed E-state index contributed by atoms with van der Waals surface area (Å²) >= 11 is 0. The van der Waals surface area contributed by atoms with Crippen molar-refractivity contribution < 1.29 is 9.53 Å². The van der Waals surface area contributed by atoms with Crippen LogP contribution in [0.15, 0.2) is 0 Å². The van der Waals surface area contributed by atoms with Gasteiger partial charge in [0.2, 0.25) is 0 Å². The van der Waals surface area contributed by atoms with E-state index in [2.05, 4.69) is 11.4 Å². The number of nitrogens with one attached hydrogen (secondary N) is 1. The van der Waals surface area contributed by atoms with Gasteiger partial charge < -0.3 is 10.1 Å². The normalized spacial score (nSPS) is 24.8. The van der Waals surface area contributed by atoms with Crippen molar-refractivity contribution in [2.24, 2.45) is 5.92 Å². The molecule has 1 rings (SSSR count). The maximum Gasteiger partial charge on any atom is 0.407 e. The minimum atomic E-state index is -0.469. The van der Waals surface area contributed by atoms with Gasteiger partial charge in [-0.1, -0.05) is 12.8 Å². The largest absolute Gasteiger partial charge is 0.444 e. The summed E-state index contributed by atoms with van der Waals surface area (Å²) in [6, 6.07) is 2.29. The van der Waals surface area contributed by atoms with Gasteiger partial charge in [0.05, 0.1) is 6.07 Å². The Morgan fingerprint density at radius 1 is 1.41 bits per heavy atom. The first-order chi connectivity index (χ1) is 7.92. The van der Waals surface area contributed by atoms with Crippen LogP contribution in [-0.2, 0) is 4.74 Å². The minimum absolute atomic E-state index is 0.0956. The fraction of sp³-hybridized carbons (Fsp3) is 0.846. The van der Waals surface area contributed by atoms with Gasteiger partial charge >= 0.3 is 6.09 Å². The molecule has 2 atom stereocenters. The fourth-order valence-electron chi connectivity index (χ4n) is 2.22. The summed E-state index contributed by atoms with van der Waals surface area (Å²) in [5.74, 6) is 0.279. The molecule has 1 N–H and O–H groups in total. The van der Waals surface area contributed by atoms with Crippen LogP contribution < -0.4 is 5.32 Å². The van der Waals surface area contributed by atoms with Gasteiger partial charge in [0.15, 0.2) is 0 Å². The first-order valence-electron chi connectivity index (χ1n) is 6.29. The van der Waals surface area contributed by atoms with Gasteiger partial charge in [-0.15, -0.1) is 0 Å². The van der Waals surface area contributed by atoms with Gasteiger partial charge in [-0.3, -0.25) is 0 Å². The quantitative estimate of drug-likeness (QED) is 0.804. The number of ether oxygens (including phenoxy) is 1. The predicted molar refractivity (Wildman–Crippen MR) is 65.3 cm³/mol. The van der Waals surface area contributed by atoms with Crippen LogP contribution in [0.25, 0.3) is 0 Å². The third-order valence-electron chi connectivity index (χ3n) is 2.96. The second kappa shape index (κ2) is 5.90. The molecule has 4 heteroatoms. The molecular formula is C13H22N2O2. The predicted octanol–water partition coefficient (Wildman–Crippen LogP) is 2.98. The van der Waals surface area contributed by atoms with Crippen molar-refractivity contribution in [3.63, 3.8) is 0 Å². The Morgan fingerprint density at radius 3 is 2.65 bits per heavy atom. The standard InChI is InChI=1S/C13H22N2O2/c1-13(2,3)17-12(16)15-11-7-5-4-6-10(11)8-9-14/h10-11H,4-8H2,1-3H3,(H,15,16)/t10?,11-/m1/s1. The van der Waals surface area contributed by atoms with E-state index in [9.17, 15) is 4.79 Å². The molecule has 0 spiro atoms. The molecule has 1 aliphatic rings. The number of carbonyl (C=O) groups is 1. The van der Waals surface area contributed by atoms with Crippen LogP contribution in [0.3, 0.4) is 0 Å². The molecule has 17 heavy (non-hydrogen) atoms. The SMILES string of the molecule is CC(C)(C)OC(=O)N[C@@H]1CCCCC1CC#N. The molecule has 1 aliphatic carbocycles. The molecule has 0 aromatic heterocycles. The number of carbonyl (C=O) groups excluding carboxylic acids is 1. The molecule has 0 aromatic carbocycles. The zero-order chi connectivity index (χ0) is 12.9. The minimum Gasteiger partial charge on any atom is -0.444 e. The van der Waals surface area contributed by atoms with Crippen molar-refractivity contribution in [2.45, 2.75) is 64.5 Å². The Balaban J connectivity index is 2.47. The lowest BCUT2D eigenvalue weighted by Crippen LogP contribution is -2.44. The Bertz CT molecular complexity index is 302. The summed E-state index contributed by atoms with van der Waals surface area (Å²) < 4.78 is 5.23. The monoisotopic (exact) mass is 238 g/mol. The summed E-state index contributed by atoms with van der Waals surface area (Å²) in [7, 11) is 0. The van der Waals surface area contributed by atoms with Crippen molar-refractivity contribution in [3.8, 4) is 6.07 Å². The lowest BCUT2D eigenvalue weighted by molar-refractivity contribution is 0.0470. The maximum absolute atomic E-state index is 11.7. The first-order valence-corrected chi connectivity index (χ1v) is 6.29. The Labute approximate surface area is 103 Å². The fourth-order valence-corrected chi connectivity index (χ4v) is 2.22. The first kappa shape index (κ1) is 13.8. The van der Waals surface area contributed by atoms with Gasteiger partial charge in [-0.25, -0.2) is 4.79 Å². The smallest absolute Gasteiger partial charge is 0.407 e. The number of hydrogen-bond donors (Lipinski definition) is 1. The van der Waals surface area contributed by atoms with Crippen molar-refractivity contribution in [1.82, 2.24) is 5.32 Å². The van der Waals surface area contributed by atoms with Gasteiger partial charge in [0, 0.05) is 12.5 Å². The van der Waals surface area contributed by atoms with Crippen molar-refractivity contribution >= 4 is 6.09 Å². The molecule has 1 saturated carbocycles. The van der Waals surface area contributed by atoms with Crippen molar-refractivity contribution in [2.75, 3.05) is 0 Å². The zero-order valence-corrected chi connectivity index (χ0v) is 11.0. The van der Waals surface area contributed by atoms with Crippen LogP contribution >= 0.6 is 0 Å². The summed E-state index contributed by atoms with van der Waals surface area (Å²) in [5, 5.41) is 11.7. The Morgan fingerprint density at radius 2 is 2.06 bits per heavy atom. The third-order valence-corrected chi connectivity index (χ3v) is 2.96. The van der Waals surface area contributed by atoms with Crippen LogP contribution in [0.2, 0.25) is 0 Å². The van der Waals surface area contributed by atoms with E-state index in [1.165, 1.54) is 0 Å². The molecule has 0 saturated heterocycles. The molecular weight excluding hydrogens is 216 g/mol. The molecule has 1 amide bonds. The van der Waals surface area contributed by atoms with E-state index in [4.69, 9.17) is 10.00 Å². The van der Waals surface area contributed by atoms with E-state index in [1.54, 1.807) is 0 Å². The van der Waals surface area contributed by atoms with Gasteiger partial charge in [-0.05, 0) is 39.5 Å². The lowest BCUT2D eigenvalue weighted by Gasteiger charge is -2.31. The van der Waals surface area contributed by atoms with Gasteiger partial charge in [0.25, 0.3) is 0 Å². The molecule has 0 radical (unpaired) electrons.